The van der Waals surface area contributed by atoms with Crippen molar-refractivity contribution >= 4 is 35.0 Å². The molecule has 0 aliphatic rings. The van der Waals surface area contributed by atoms with E-state index in [1.165, 1.54) is 11.8 Å². The maximum atomic E-state index is 12.6. The van der Waals surface area contributed by atoms with Crippen molar-refractivity contribution in [1.29, 1.82) is 0 Å². The SMILES string of the molecule is C=CCn1c(COc2cc(C)c(Cl)c(C)c2)nnc1SCC(=O)Nc1c(C)cccc1CC. The molecule has 1 amide bonds. The average Bonchev–Trinajstić information content (AvgIpc) is 3.17. The lowest BCUT2D eigenvalue weighted by molar-refractivity contribution is -0.113. The number of nitrogens with zero attached hydrogens (tertiary/aromatic N) is 3. The quantitative estimate of drug-likeness (QED) is 0.286. The predicted molar refractivity (Wildman–Crippen MR) is 135 cm³/mol. The summed E-state index contributed by atoms with van der Waals surface area (Å²) in [6, 6.07) is 9.84. The molecule has 0 unspecified atom stereocenters. The Bertz CT molecular complexity index is 1140. The maximum Gasteiger partial charge on any atom is 0.234 e. The van der Waals surface area contributed by atoms with Crippen molar-refractivity contribution < 1.29 is 9.53 Å². The van der Waals surface area contributed by atoms with Crippen molar-refractivity contribution in [3.63, 3.8) is 0 Å². The van der Waals surface area contributed by atoms with Gasteiger partial charge in [-0.1, -0.05) is 54.6 Å². The topological polar surface area (TPSA) is 69.0 Å². The van der Waals surface area contributed by atoms with Crippen LogP contribution in [0.15, 0.2) is 48.1 Å². The summed E-state index contributed by atoms with van der Waals surface area (Å²) in [6.45, 7) is 12.6. The van der Waals surface area contributed by atoms with E-state index in [1.807, 2.05) is 55.7 Å². The summed E-state index contributed by atoms with van der Waals surface area (Å²) in [5, 5.41) is 13.0. The molecular weight excluding hydrogens is 456 g/mol. The Morgan fingerprint density at radius 2 is 1.94 bits per heavy atom. The number of anilines is 1. The van der Waals surface area contributed by atoms with Crippen LogP contribution in [0.25, 0.3) is 0 Å². The van der Waals surface area contributed by atoms with Gasteiger partial charge in [0.1, 0.15) is 12.4 Å². The number of ether oxygens (including phenoxy) is 1. The molecule has 0 atom stereocenters. The van der Waals surface area contributed by atoms with Gasteiger partial charge in [-0.25, -0.2) is 0 Å². The second kappa shape index (κ2) is 11.4. The monoisotopic (exact) mass is 484 g/mol. The number of carbonyl (C=O) groups excluding carboxylic acids is 1. The molecule has 2 aromatic carbocycles. The highest BCUT2D eigenvalue weighted by Gasteiger charge is 2.16. The number of halogens is 1. The Morgan fingerprint density at radius 1 is 1.21 bits per heavy atom. The fourth-order valence-electron chi connectivity index (χ4n) is 3.49. The molecule has 3 rings (SSSR count). The number of amides is 1. The summed E-state index contributed by atoms with van der Waals surface area (Å²) in [5.41, 5.74) is 4.98. The van der Waals surface area contributed by atoms with Gasteiger partial charge in [-0.2, -0.15) is 0 Å². The molecular formula is C25H29ClN4O2S. The van der Waals surface area contributed by atoms with Gasteiger partial charge < -0.3 is 10.1 Å². The molecule has 0 fully saturated rings. The minimum absolute atomic E-state index is 0.0814. The van der Waals surface area contributed by atoms with E-state index in [-0.39, 0.29) is 18.3 Å². The van der Waals surface area contributed by atoms with Crippen LogP contribution in [0.5, 0.6) is 5.75 Å². The summed E-state index contributed by atoms with van der Waals surface area (Å²) in [4.78, 5) is 12.6. The Morgan fingerprint density at radius 3 is 2.61 bits per heavy atom. The molecule has 6 nitrogen and oxygen atoms in total. The first kappa shape index (κ1) is 24.9. The highest BCUT2D eigenvalue weighted by Crippen LogP contribution is 2.27. The molecule has 0 bridgehead atoms. The van der Waals surface area contributed by atoms with Gasteiger partial charge in [0.05, 0.1) is 5.75 Å². The lowest BCUT2D eigenvalue weighted by atomic mass is 10.1. The summed E-state index contributed by atoms with van der Waals surface area (Å²) in [6.07, 6.45) is 2.63. The van der Waals surface area contributed by atoms with Crippen LogP contribution in [-0.4, -0.2) is 26.4 Å². The molecule has 3 aromatic rings. The van der Waals surface area contributed by atoms with E-state index < -0.39 is 0 Å². The van der Waals surface area contributed by atoms with Gasteiger partial charge in [-0.15, -0.1) is 16.8 Å². The zero-order valence-corrected chi connectivity index (χ0v) is 21.0. The number of hydrogen-bond acceptors (Lipinski definition) is 5. The standard InChI is InChI=1S/C25H29ClN4O2S/c1-6-11-30-21(14-32-20-12-17(4)23(26)18(5)13-20)28-29-25(30)33-15-22(31)27-24-16(3)9-8-10-19(24)7-2/h6,8-10,12-13H,1,7,11,14-15H2,2-5H3,(H,27,31). The number of rotatable bonds is 10. The van der Waals surface area contributed by atoms with Gasteiger partial charge in [0.25, 0.3) is 0 Å². The fourth-order valence-corrected chi connectivity index (χ4v) is 4.37. The van der Waals surface area contributed by atoms with Crippen molar-refractivity contribution in [3.05, 3.63) is 76.1 Å². The first-order valence-electron chi connectivity index (χ1n) is 10.8. The number of nitrogens with one attached hydrogen (secondary N) is 1. The van der Waals surface area contributed by atoms with Crippen LogP contribution in [0, 0.1) is 20.8 Å². The van der Waals surface area contributed by atoms with Crippen LogP contribution in [0.2, 0.25) is 5.02 Å². The number of aryl methyl sites for hydroxylation is 4. The van der Waals surface area contributed by atoms with Gasteiger partial charge in [0, 0.05) is 17.3 Å². The third-order valence-corrected chi connectivity index (χ3v) is 6.78. The number of aromatic nitrogens is 3. The lowest BCUT2D eigenvalue weighted by Gasteiger charge is -2.13. The van der Waals surface area contributed by atoms with E-state index in [0.717, 1.165) is 45.1 Å². The highest BCUT2D eigenvalue weighted by atomic mass is 35.5. The minimum Gasteiger partial charge on any atom is -0.486 e. The molecule has 0 radical (unpaired) electrons. The maximum absolute atomic E-state index is 12.6. The largest absolute Gasteiger partial charge is 0.486 e. The first-order chi connectivity index (χ1) is 15.8. The molecule has 33 heavy (non-hydrogen) atoms. The molecule has 0 aliphatic heterocycles. The number of hydrogen-bond donors (Lipinski definition) is 1. The molecule has 1 N–H and O–H groups in total. The molecule has 174 valence electrons. The highest BCUT2D eigenvalue weighted by molar-refractivity contribution is 7.99. The third-order valence-electron chi connectivity index (χ3n) is 5.22. The van der Waals surface area contributed by atoms with Crippen LogP contribution in [0.3, 0.4) is 0 Å². The van der Waals surface area contributed by atoms with Gasteiger partial charge in [0.2, 0.25) is 5.91 Å². The van der Waals surface area contributed by atoms with Gasteiger partial charge >= 0.3 is 0 Å². The van der Waals surface area contributed by atoms with Crippen molar-refractivity contribution in [2.24, 2.45) is 0 Å². The summed E-state index contributed by atoms with van der Waals surface area (Å²) in [5.74, 6) is 1.53. The third kappa shape index (κ3) is 6.18. The first-order valence-corrected chi connectivity index (χ1v) is 12.1. The Balaban J connectivity index is 1.67. The van der Waals surface area contributed by atoms with Crippen molar-refractivity contribution in [2.45, 2.75) is 52.4 Å². The average molecular weight is 485 g/mol. The van der Waals surface area contributed by atoms with E-state index in [2.05, 4.69) is 29.0 Å². The Labute approximate surface area is 204 Å². The Kier molecular flexibility index (Phi) is 8.58. The van der Waals surface area contributed by atoms with Gasteiger partial charge in [0.15, 0.2) is 11.0 Å². The molecule has 0 saturated heterocycles. The van der Waals surface area contributed by atoms with E-state index in [0.29, 0.717) is 17.5 Å². The number of allylic oxidation sites excluding steroid dienone is 1. The molecule has 0 saturated carbocycles. The second-order valence-corrected chi connectivity index (χ2v) is 9.08. The van der Waals surface area contributed by atoms with Crippen LogP contribution in [0.1, 0.15) is 35.0 Å². The minimum atomic E-state index is -0.0814. The van der Waals surface area contributed by atoms with Gasteiger partial charge in [-0.05, 0) is 61.6 Å². The van der Waals surface area contributed by atoms with Crippen molar-refractivity contribution in [1.82, 2.24) is 14.8 Å². The molecule has 0 spiro atoms. The number of carbonyl (C=O) groups is 1. The zero-order chi connectivity index (χ0) is 24.0. The van der Waals surface area contributed by atoms with Crippen LogP contribution >= 0.6 is 23.4 Å². The molecule has 1 heterocycles. The number of para-hydroxylation sites is 1. The van der Waals surface area contributed by atoms with Crippen LogP contribution in [-0.2, 0) is 24.4 Å². The van der Waals surface area contributed by atoms with Gasteiger partial charge in [-0.3, -0.25) is 9.36 Å². The summed E-state index contributed by atoms with van der Waals surface area (Å²) < 4.78 is 7.86. The van der Waals surface area contributed by atoms with Crippen molar-refractivity contribution in [2.75, 3.05) is 11.1 Å². The molecule has 0 aliphatic carbocycles. The van der Waals surface area contributed by atoms with Crippen LogP contribution < -0.4 is 10.1 Å². The van der Waals surface area contributed by atoms with Crippen molar-refractivity contribution in [3.8, 4) is 5.75 Å². The fraction of sp³-hybridized carbons (Fsp3) is 0.320. The summed E-state index contributed by atoms with van der Waals surface area (Å²) >= 11 is 7.58. The Hall–Kier alpha value is -2.77. The predicted octanol–water partition coefficient (Wildman–Crippen LogP) is 5.91. The van der Waals surface area contributed by atoms with E-state index >= 15 is 0 Å². The van der Waals surface area contributed by atoms with Crippen LogP contribution in [0.4, 0.5) is 5.69 Å². The number of thioether (sulfide) groups is 1. The van der Waals surface area contributed by atoms with E-state index in [9.17, 15) is 4.79 Å². The number of benzene rings is 2. The second-order valence-electron chi connectivity index (χ2n) is 7.76. The van der Waals surface area contributed by atoms with E-state index in [4.69, 9.17) is 16.3 Å². The van der Waals surface area contributed by atoms with E-state index in [1.54, 1.807) is 6.08 Å². The summed E-state index contributed by atoms with van der Waals surface area (Å²) in [7, 11) is 0. The normalized spacial score (nSPS) is 10.8. The molecule has 8 heteroatoms. The lowest BCUT2D eigenvalue weighted by Crippen LogP contribution is -2.17. The smallest absolute Gasteiger partial charge is 0.234 e. The zero-order valence-electron chi connectivity index (χ0n) is 19.4. The molecule has 1 aromatic heterocycles.